The highest BCUT2D eigenvalue weighted by atomic mass is 79.9. The van der Waals surface area contributed by atoms with E-state index in [1.807, 2.05) is 0 Å². The van der Waals surface area contributed by atoms with E-state index in [2.05, 4.69) is 61.9 Å². The van der Waals surface area contributed by atoms with Crippen LogP contribution in [-0.2, 0) is 39.6 Å². The molecule has 16 heteroatoms. The van der Waals surface area contributed by atoms with Gasteiger partial charge in [0.1, 0.15) is 0 Å². The average molecular weight is 640 g/mol. The minimum absolute atomic E-state index is 0.0152. The molecule has 36 heavy (non-hydrogen) atoms. The maximum absolute atomic E-state index is 11.9. The molecule has 0 radical (unpaired) electrons. The number of nitrogens with one attached hydrogen (secondary N) is 2. The summed E-state index contributed by atoms with van der Waals surface area (Å²) in [5.41, 5.74) is -2.23. The second kappa shape index (κ2) is 13.8. The van der Waals surface area contributed by atoms with Crippen molar-refractivity contribution >= 4 is 56.0 Å². The van der Waals surface area contributed by atoms with Gasteiger partial charge in [-0.15, -0.1) is 0 Å². The van der Waals surface area contributed by atoms with Gasteiger partial charge >= 0.3 is 24.1 Å². The van der Waals surface area contributed by atoms with Crippen molar-refractivity contribution < 1.29 is 38.1 Å². The Morgan fingerprint density at radius 3 is 1.31 bits per heavy atom. The van der Waals surface area contributed by atoms with E-state index >= 15 is 0 Å². The molecule has 0 unspecified atom stereocenters. The Hall–Kier alpha value is -3.14. The van der Waals surface area contributed by atoms with Gasteiger partial charge in [0, 0.05) is 24.8 Å². The Bertz CT molecular complexity index is 978. The molecule has 2 atom stereocenters. The molecule has 0 saturated carbocycles. The van der Waals surface area contributed by atoms with Crippen LogP contribution in [0.25, 0.3) is 0 Å². The van der Waals surface area contributed by atoms with Crippen molar-refractivity contribution in [3.05, 3.63) is 34.3 Å². The Morgan fingerprint density at radius 2 is 1.08 bits per heavy atom. The molecule has 2 aromatic heterocycles. The number of hydrogen-bond donors (Lipinski definition) is 2. The molecule has 0 bridgehead atoms. The Morgan fingerprint density at radius 1 is 0.750 bits per heavy atom. The number of carbonyl (C=O) groups excluding carboxylic acids is 4. The first-order valence-electron chi connectivity index (χ1n) is 10.1. The Balaban J connectivity index is 0.000000360. The summed E-state index contributed by atoms with van der Waals surface area (Å²) in [4.78, 5) is 54.0. The quantitative estimate of drug-likeness (QED) is 0.321. The van der Waals surface area contributed by atoms with E-state index < -0.39 is 35.2 Å². The van der Waals surface area contributed by atoms with Crippen LogP contribution in [0.3, 0.4) is 0 Å². The number of aromatic nitrogens is 4. The van der Waals surface area contributed by atoms with Gasteiger partial charge in [-0.2, -0.15) is 0 Å². The normalized spacial score (nSPS) is 13.6. The molecule has 0 fully saturated rings. The monoisotopic (exact) mass is 638 g/mol. The third-order valence-electron chi connectivity index (χ3n) is 5.03. The number of amides is 2. The number of carbonyl (C=O) groups is 4. The molecule has 2 amide bonds. The number of alkyl carbamates (subject to hydrolysis) is 2. The molecule has 0 aliphatic carbocycles. The summed E-state index contributed by atoms with van der Waals surface area (Å²) in [6.45, 7) is 3.28. The van der Waals surface area contributed by atoms with Crippen LogP contribution in [0, 0.1) is 0 Å². The van der Waals surface area contributed by atoms with Crippen molar-refractivity contribution in [3.8, 4) is 0 Å². The molecule has 2 aromatic rings. The molecule has 0 aliphatic heterocycles. The van der Waals surface area contributed by atoms with Crippen molar-refractivity contribution in [1.82, 2.24) is 29.7 Å². The number of halogens is 2. The molecule has 2 heterocycles. The minimum atomic E-state index is -1.11. The molecule has 0 aliphatic rings. The fourth-order valence-electron chi connectivity index (χ4n) is 2.89. The van der Waals surface area contributed by atoms with Gasteiger partial charge in [0.2, 0.25) is 0 Å². The van der Waals surface area contributed by atoms with Gasteiger partial charge in [-0.1, -0.05) is 0 Å². The van der Waals surface area contributed by atoms with Crippen LogP contribution in [-0.4, -0.2) is 84.8 Å². The van der Waals surface area contributed by atoms with E-state index in [1.54, 1.807) is 35.4 Å². The van der Waals surface area contributed by atoms with E-state index in [4.69, 9.17) is 9.47 Å². The average Bonchev–Trinajstić information content (AvgIpc) is 3.52. The first-order chi connectivity index (χ1) is 16.9. The molecule has 0 spiro atoms. The van der Waals surface area contributed by atoms with E-state index in [-0.39, 0.29) is 13.1 Å². The predicted molar refractivity (Wildman–Crippen MR) is 132 cm³/mol. The zero-order chi connectivity index (χ0) is 27.5. The highest BCUT2D eigenvalue weighted by Crippen LogP contribution is 2.23. The highest BCUT2D eigenvalue weighted by Gasteiger charge is 2.39. The first kappa shape index (κ1) is 30.9. The molecule has 2 N–H and O–H groups in total. The summed E-state index contributed by atoms with van der Waals surface area (Å²) in [6.07, 6.45) is 5.04. The largest absolute Gasteiger partial charge is 0.467 e. The zero-order valence-electron chi connectivity index (χ0n) is 20.5. The topological polar surface area (TPSA) is 165 Å². The summed E-state index contributed by atoms with van der Waals surface area (Å²) in [6, 6.07) is 0. The van der Waals surface area contributed by atoms with Crippen LogP contribution in [0.15, 0.2) is 34.3 Å². The smallest absolute Gasteiger partial charge is 0.406 e. The lowest BCUT2D eigenvalue weighted by atomic mass is 10.0. The van der Waals surface area contributed by atoms with Gasteiger partial charge in [0.25, 0.3) is 0 Å². The van der Waals surface area contributed by atoms with E-state index in [9.17, 15) is 19.2 Å². The number of imidazole rings is 2. The molecule has 2 rings (SSSR count). The third-order valence-corrected chi connectivity index (χ3v) is 6.20. The second-order valence-corrected chi connectivity index (χ2v) is 8.77. The van der Waals surface area contributed by atoms with Crippen molar-refractivity contribution in [1.29, 1.82) is 0 Å². The van der Waals surface area contributed by atoms with Crippen LogP contribution in [0.2, 0.25) is 0 Å². The van der Waals surface area contributed by atoms with Gasteiger partial charge in [0.15, 0.2) is 20.5 Å². The SMILES string of the molecule is COC(=O)NC[C@@](C)(C(=O)OC)n1ccnc1Br.COC(=O)NC[C@@](C)(C(=O)OC)n1ccnc1Br. The maximum atomic E-state index is 11.9. The van der Waals surface area contributed by atoms with E-state index in [1.165, 1.54) is 40.8 Å². The van der Waals surface area contributed by atoms with Crippen LogP contribution in [0.4, 0.5) is 9.59 Å². The minimum Gasteiger partial charge on any atom is -0.467 e. The van der Waals surface area contributed by atoms with Crippen LogP contribution < -0.4 is 10.6 Å². The zero-order valence-corrected chi connectivity index (χ0v) is 23.7. The van der Waals surface area contributed by atoms with Gasteiger partial charge < -0.3 is 38.7 Å². The van der Waals surface area contributed by atoms with E-state index in [0.29, 0.717) is 9.47 Å². The number of methoxy groups -OCH3 is 4. The van der Waals surface area contributed by atoms with Gasteiger partial charge in [-0.3, -0.25) is 0 Å². The number of nitrogens with zero attached hydrogens (tertiary/aromatic N) is 4. The van der Waals surface area contributed by atoms with Gasteiger partial charge in [-0.25, -0.2) is 29.1 Å². The lowest BCUT2D eigenvalue weighted by Gasteiger charge is -2.28. The molecular formula is C20H28Br2N6O8. The van der Waals surface area contributed by atoms with Crippen LogP contribution in [0.5, 0.6) is 0 Å². The fourth-order valence-corrected chi connectivity index (χ4v) is 4.15. The summed E-state index contributed by atoms with van der Waals surface area (Å²) in [5, 5.41) is 4.94. The highest BCUT2D eigenvalue weighted by molar-refractivity contribution is 9.10. The Labute approximate surface area is 224 Å². The summed E-state index contributed by atoms with van der Waals surface area (Å²) in [5.74, 6) is -1.00. The molecular weight excluding hydrogens is 612 g/mol. The third kappa shape index (κ3) is 7.43. The number of hydrogen-bond acceptors (Lipinski definition) is 10. The standard InChI is InChI=1S/2C10H14BrN3O4/c2*1-10(7(15)17-2,6-13-9(16)18-3)14-5-4-12-8(14)11/h2*4-5H,6H2,1-3H3,(H,13,16)/t2*10-/m00/s1. The molecule has 0 saturated heterocycles. The number of rotatable bonds is 8. The summed E-state index contributed by atoms with van der Waals surface area (Å²) < 4.78 is 22.5. The molecule has 200 valence electrons. The summed E-state index contributed by atoms with van der Waals surface area (Å²) in [7, 11) is 5.06. The van der Waals surface area contributed by atoms with Gasteiger partial charge in [-0.05, 0) is 45.7 Å². The van der Waals surface area contributed by atoms with Crippen molar-refractivity contribution in [3.63, 3.8) is 0 Å². The van der Waals surface area contributed by atoms with E-state index in [0.717, 1.165) is 0 Å². The predicted octanol–water partition coefficient (Wildman–Crippen LogP) is 1.78. The Kier molecular flexibility index (Phi) is 11.9. The van der Waals surface area contributed by atoms with Gasteiger partial charge in [0.05, 0.1) is 41.5 Å². The number of ether oxygens (including phenoxy) is 4. The van der Waals surface area contributed by atoms with Crippen molar-refractivity contribution in [2.24, 2.45) is 0 Å². The second-order valence-electron chi connectivity index (χ2n) is 7.35. The van der Waals surface area contributed by atoms with Crippen molar-refractivity contribution in [2.75, 3.05) is 41.5 Å². The lowest BCUT2D eigenvalue weighted by Crippen LogP contribution is -2.49. The molecule has 14 nitrogen and oxygen atoms in total. The fraction of sp³-hybridized carbons (Fsp3) is 0.500. The van der Waals surface area contributed by atoms with Crippen LogP contribution in [0.1, 0.15) is 13.8 Å². The first-order valence-corrected chi connectivity index (χ1v) is 11.7. The maximum Gasteiger partial charge on any atom is 0.406 e. The van der Waals surface area contributed by atoms with Crippen molar-refractivity contribution in [2.45, 2.75) is 24.9 Å². The lowest BCUT2D eigenvalue weighted by molar-refractivity contribution is -0.151. The molecule has 0 aromatic carbocycles. The summed E-state index contributed by atoms with van der Waals surface area (Å²) >= 11 is 6.45. The van der Waals surface area contributed by atoms with Crippen LogP contribution >= 0.6 is 31.9 Å². The number of esters is 2.